The van der Waals surface area contributed by atoms with Gasteiger partial charge >= 0.3 is 6.03 Å². The second-order valence-electron chi connectivity index (χ2n) is 5.80. The molecule has 2 amide bonds. The summed E-state index contributed by atoms with van der Waals surface area (Å²) in [5, 5.41) is 3.07. The fourth-order valence-corrected chi connectivity index (χ4v) is 3.02. The Kier molecular flexibility index (Phi) is 3.20. The van der Waals surface area contributed by atoms with Gasteiger partial charge in [-0.2, -0.15) is 0 Å². The molecule has 0 unspecified atom stereocenters. The van der Waals surface area contributed by atoms with Crippen molar-refractivity contribution >= 4 is 39.1 Å². The highest BCUT2D eigenvalue weighted by molar-refractivity contribution is 6.02. The smallest absolute Gasteiger partial charge is 0.323 e. The summed E-state index contributed by atoms with van der Waals surface area (Å²) in [5.41, 5.74) is 9.24. The van der Waals surface area contributed by atoms with Crippen molar-refractivity contribution < 1.29 is 4.79 Å². The molecule has 0 spiro atoms. The van der Waals surface area contributed by atoms with Crippen molar-refractivity contribution in [2.75, 3.05) is 4.90 Å². The zero-order chi connectivity index (χ0) is 16.7. The lowest BCUT2D eigenvalue weighted by Crippen LogP contribution is -2.31. The summed E-state index contributed by atoms with van der Waals surface area (Å²) in [5.74, 6) is 0. The summed E-state index contributed by atoms with van der Waals surface area (Å²) < 4.78 is 0. The summed E-state index contributed by atoms with van der Waals surface area (Å²) in [7, 11) is 0. The van der Waals surface area contributed by atoms with Crippen LogP contribution < -0.4 is 10.6 Å². The van der Waals surface area contributed by atoms with Crippen LogP contribution in [0.3, 0.4) is 0 Å². The van der Waals surface area contributed by atoms with Crippen LogP contribution in [0.15, 0.2) is 60.9 Å². The third kappa shape index (κ3) is 2.36. The van der Waals surface area contributed by atoms with E-state index in [0.29, 0.717) is 0 Å². The number of nitrogens with two attached hydrogens (primary N) is 1. The molecule has 5 nitrogen and oxygen atoms in total. The van der Waals surface area contributed by atoms with Crippen molar-refractivity contribution in [3.05, 3.63) is 66.6 Å². The normalized spacial score (nSPS) is 11.0. The molecule has 118 valence electrons. The van der Waals surface area contributed by atoms with Crippen LogP contribution >= 0.6 is 0 Å². The molecule has 0 aliphatic rings. The van der Waals surface area contributed by atoms with Gasteiger partial charge in [-0.15, -0.1) is 0 Å². The van der Waals surface area contributed by atoms with Crippen LogP contribution in [-0.4, -0.2) is 16.0 Å². The van der Waals surface area contributed by atoms with Crippen molar-refractivity contribution in [2.24, 2.45) is 5.73 Å². The van der Waals surface area contributed by atoms with Gasteiger partial charge in [-0.05, 0) is 54.8 Å². The third-order valence-electron chi connectivity index (χ3n) is 4.10. The standard InChI is InChI=1S/C19H16N4O/c1-12-8-15-10-17(4-5-18(15)22-12)23(19(20)24)16-3-2-14-11-21-7-6-13(14)9-16/h2-11,22H,1H3,(H2,20,24). The van der Waals surface area contributed by atoms with Crippen LogP contribution in [0.5, 0.6) is 0 Å². The van der Waals surface area contributed by atoms with E-state index in [1.165, 1.54) is 4.90 Å². The summed E-state index contributed by atoms with van der Waals surface area (Å²) in [6, 6.07) is 15.0. The highest BCUT2D eigenvalue weighted by atomic mass is 16.2. The molecule has 24 heavy (non-hydrogen) atoms. The Balaban J connectivity index is 1.86. The first-order valence-corrected chi connectivity index (χ1v) is 7.64. The number of aromatic amines is 1. The van der Waals surface area contributed by atoms with Crippen LogP contribution in [0.2, 0.25) is 0 Å². The molecule has 0 aliphatic carbocycles. The number of carbonyl (C=O) groups excluding carboxylic acids is 1. The quantitative estimate of drug-likeness (QED) is 0.580. The van der Waals surface area contributed by atoms with E-state index in [1.54, 1.807) is 12.4 Å². The number of amides is 2. The molecule has 0 atom stereocenters. The Labute approximate surface area is 138 Å². The van der Waals surface area contributed by atoms with Crippen LogP contribution in [0.1, 0.15) is 5.69 Å². The van der Waals surface area contributed by atoms with E-state index in [4.69, 9.17) is 5.73 Å². The molecule has 0 bridgehead atoms. The van der Waals surface area contributed by atoms with E-state index < -0.39 is 6.03 Å². The summed E-state index contributed by atoms with van der Waals surface area (Å²) in [4.78, 5) is 21.0. The lowest BCUT2D eigenvalue weighted by atomic mass is 10.1. The zero-order valence-corrected chi connectivity index (χ0v) is 13.2. The molecule has 3 N–H and O–H groups in total. The molecule has 2 aromatic carbocycles. The Hall–Kier alpha value is -3.34. The summed E-state index contributed by atoms with van der Waals surface area (Å²) >= 11 is 0. The third-order valence-corrected chi connectivity index (χ3v) is 4.10. The number of urea groups is 1. The Morgan fingerprint density at radius 3 is 2.54 bits per heavy atom. The predicted molar refractivity (Wildman–Crippen MR) is 96.5 cm³/mol. The van der Waals surface area contributed by atoms with E-state index in [9.17, 15) is 4.79 Å². The first-order valence-electron chi connectivity index (χ1n) is 7.64. The molecule has 4 rings (SSSR count). The van der Waals surface area contributed by atoms with E-state index in [2.05, 4.69) is 9.97 Å². The number of anilines is 2. The molecule has 4 aromatic rings. The molecule has 2 aromatic heterocycles. The Bertz CT molecular complexity index is 1070. The van der Waals surface area contributed by atoms with Gasteiger partial charge in [-0.3, -0.25) is 9.88 Å². The van der Waals surface area contributed by atoms with Gasteiger partial charge < -0.3 is 10.7 Å². The molecule has 0 saturated carbocycles. The zero-order valence-electron chi connectivity index (χ0n) is 13.2. The number of aryl methyl sites for hydroxylation is 1. The largest absolute Gasteiger partial charge is 0.359 e. The number of carbonyl (C=O) groups is 1. The Morgan fingerprint density at radius 1 is 1.00 bits per heavy atom. The minimum atomic E-state index is -0.519. The van der Waals surface area contributed by atoms with E-state index in [0.717, 1.165) is 38.7 Å². The van der Waals surface area contributed by atoms with Crippen molar-refractivity contribution in [3.63, 3.8) is 0 Å². The number of nitrogens with one attached hydrogen (secondary N) is 1. The van der Waals surface area contributed by atoms with E-state index in [-0.39, 0.29) is 0 Å². The molecule has 0 saturated heterocycles. The number of hydrogen-bond acceptors (Lipinski definition) is 2. The molecule has 2 heterocycles. The average Bonchev–Trinajstić information content (AvgIpc) is 2.94. The number of primary amides is 1. The maximum atomic E-state index is 12.1. The molecular formula is C19H16N4O. The lowest BCUT2D eigenvalue weighted by molar-refractivity contribution is 0.256. The molecular weight excluding hydrogens is 300 g/mol. The summed E-state index contributed by atoms with van der Waals surface area (Å²) in [6.07, 6.45) is 3.53. The second-order valence-corrected chi connectivity index (χ2v) is 5.80. The number of nitrogens with zero attached hydrogens (tertiary/aromatic N) is 2. The maximum Gasteiger partial charge on any atom is 0.323 e. The second kappa shape index (κ2) is 5.38. The van der Waals surface area contributed by atoms with Gasteiger partial charge in [-0.25, -0.2) is 4.79 Å². The highest BCUT2D eigenvalue weighted by Crippen LogP contribution is 2.30. The first kappa shape index (κ1) is 14.3. The fourth-order valence-electron chi connectivity index (χ4n) is 3.02. The summed E-state index contributed by atoms with van der Waals surface area (Å²) in [6.45, 7) is 2.00. The number of benzene rings is 2. The fraction of sp³-hybridized carbons (Fsp3) is 0.0526. The number of H-pyrrole nitrogens is 1. The number of pyridine rings is 1. The SMILES string of the molecule is Cc1cc2cc(N(C(N)=O)c3ccc4cnccc4c3)ccc2[nH]1. The van der Waals surface area contributed by atoms with Gasteiger partial charge in [0.1, 0.15) is 0 Å². The van der Waals surface area contributed by atoms with Gasteiger partial charge in [0, 0.05) is 34.4 Å². The first-order chi connectivity index (χ1) is 11.6. The van der Waals surface area contributed by atoms with Crippen molar-refractivity contribution in [1.29, 1.82) is 0 Å². The highest BCUT2D eigenvalue weighted by Gasteiger charge is 2.16. The van der Waals surface area contributed by atoms with Crippen molar-refractivity contribution in [2.45, 2.75) is 6.92 Å². The van der Waals surface area contributed by atoms with Gasteiger partial charge in [0.05, 0.1) is 11.4 Å². The number of aromatic nitrogens is 2. The molecule has 0 aliphatic heterocycles. The van der Waals surface area contributed by atoms with Crippen LogP contribution in [0.4, 0.5) is 16.2 Å². The Morgan fingerprint density at radius 2 is 1.75 bits per heavy atom. The van der Waals surface area contributed by atoms with Gasteiger partial charge in [-0.1, -0.05) is 6.07 Å². The molecule has 0 radical (unpaired) electrons. The number of fused-ring (bicyclic) bond motifs is 2. The van der Waals surface area contributed by atoms with Gasteiger partial charge in [0.15, 0.2) is 0 Å². The predicted octanol–water partition coefficient (Wildman–Crippen LogP) is 4.24. The molecule has 0 fully saturated rings. The molecule has 5 heteroatoms. The van der Waals surface area contributed by atoms with Crippen LogP contribution in [-0.2, 0) is 0 Å². The van der Waals surface area contributed by atoms with E-state index >= 15 is 0 Å². The van der Waals surface area contributed by atoms with Gasteiger partial charge in [0.25, 0.3) is 0 Å². The maximum absolute atomic E-state index is 12.1. The minimum Gasteiger partial charge on any atom is -0.359 e. The number of hydrogen-bond donors (Lipinski definition) is 2. The van der Waals surface area contributed by atoms with Crippen LogP contribution in [0.25, 0.3) is 21.7 Å². The van der Waals surface area contributed by atoms with E-state index in [1.807, 2.05) is 55.5 Å². The lowest BCUT2D eigenvalue weighted by Gasteiger charge is -2.21. The van der Waals surface area contributed by atoms with Crippen molar-refractivity contribution in [1.82, 2.24) is 9.97 Å². The average molecular weight is 316 g/mol. The topological polar surface area (TPSA) is 75.0 Å². The van der Waals surface area contributed by atoms with Crippen LogP contribution in [0, 0.1) is 6.92 Å². The van der Waals surface area contributed by atoms with Crippen molar-refractivity contribution in [3.8, 4) is 0 Å². The minimum absolute atomic E-state index is 0.519. The van der Waals surface area contributed by atoms with Gasteiger partial charge in [0.2, 0.25) is 0 Å². The monoisotopic (exact) mass is 316 g/mol. The number of rotatable bonds is 2.